The van der Waals surface area contributed by atoms with E-state index in [2.05, 4.69) is 24.4 Å². The zero-order valence-electron chi connectivity index (χ0n) is 9.68. The van der Waals surface area contributed by atoms with E-state index in [0.29, 0.717) is 13.2 Å². The van der Waals surface area contributed by atoms with Gasteiger partial charge in [0.2, 0.25) is 0 Å². The molecule has 14 heavy (non-hydrogen) atoms. The van der Waals surface area contributed by atoms with E-state index in [1.165, 1.54) is 0 Å². The molecule has 0 fully saturated rings. The minimum atomic E-state index is -0.0453. The van der Waals surface area contributed by atoms with Crippen LogP contribution in [0.4, 0.5) is 0 Å². The van der Waals surface area contributed by atoms with Crippen molar-refractivity contribution in [3.63, 3.8) is 0 Å². The van der Waals surface area contributed by atoms with Crippen molar-refractivity contribution < 1.29 is 4.74 Å². The topological polar surface area (TPSA) is 47.3 Å². The third-order valence-corrected chi connectivity index (χ3v) is 2.53. The molecule has 0 saturated heterocycles. The molecule has 3 N–H and O–H groups in total. The zero-order chi connectivity index (χ0) is 10.9. The van der Waals surface area contributed by atoms with Crippen LogP contribution < -0.4 is 11.1 Å². The standard InChI is InChI=1S/C11H24N2O/c1-4-6-7-8-13-11(5-2,9-12)10-14-3/h4,6,13H,5,7-10,12H2,1-3H3/b6-4+. The number of hydrogen-bond donors (Lipinski definition) is 2. The van der Waals surface area contributed by atoms with Gasteiger partial charge in [-0.15, -0.1) is 0 Å². The summed E-state index contributed by atoms with van der Waals surface area (Å²) in [6, 6.07) is 0. The molecule has 0 aromatic heterocycles. The maximum absolute atomic E-state index is 5.76. The van der Waals surface area contributed by atoms with Crippen LogP contribution >= 0.6 is 0 Å². The van der Waals surface area contributed by atoms with Crippen molar-refractivity contribution in [1.82, 2.24) is 5.32 Å². The molecule has 0 bridgehead atoms. The van der Waals surface area contributed by atoms with Gasteiger partial charge in [0.15, 0.2) is 0 Å². The number of allylic oxidation sites excluding steroid dienone is 1. The molecule has 84 valence electrons. The van der Waals surface area contributed by atoms with Crippen molar-refractivity contribution in [2.45, 2.75) is 32.2 Å². The van der Waals surface area contributed by atoms with Gasteiger partial charge >= 0.3 is 0 Å². The number of nitrogens with one attached hydrogen (secondary N) is 1. The Morgan fingerprint density at radius 1 is 1.50 bits per heavy atom. The first-order valence-electron chi connectivity index (χ1n) is 5.30. The van der Waals surface area contributed by atoms with Crippen LogP contribution in [0.3, 0.4) is 0 Å². The third-order valence-electron chi connectivity index (χ3n) is 2.53. The van der Waals surface area contributed by atoms with E-state index in [4.69, 9.17) is 10.5 Å². The van der Waals surface area contributed by atoms with Gasteiger partial charge in [-0.3, -0.25) is 0 Å². The molecular weight excluding hydrogens is 176 g/mol. The van der Waals surface area contributed by atoms with Crippen LogP contribution in [0, 0.1) is 0 Å². The summed E-state index contributed by atoms with van der Waals surface area (Å²) in [7, 11) is 1.72. The molecule has 1 atom stereocenters. The lowest BCUT2D eigenvalue weighted by Crippen LogP contribution is -2.54. The van der Waals surface area contributed by atoms with Crippen LogP contribution in [0.25, 0.3) is 0 Å². The highest BCUT2D eigenvalue weighted by Gasteiger charge is 2.24. The van der Waals surface area contributed by atoms with Gasteiger partial charge in [-0.2, -0.15) is 0 Å². The maximum atomic E-state index is 5.76. The van der Waals surface area contributed by atoms with E-state index in [9.17, 15) is 0 Å². The van der Waals surface area contributed by atoms with E-state index in [-0.39, 0.29) is 5.54 Å². The first-order valence-corrected chi connectivity index (χ1v) is 5.30. The van der Waals surface area contributed by atoms with Crippen molar-refractivity contribution in [2.75, 3.05) is 26.8 Å². The molecular formula is C11H24N2O. The Kier molecular flexibility index (Phi) is 7.76. The van der Waals surface area contributed by atoms with E-state index < -0.39 is 0 Å². The highest BCUT2D eigenvalue weighted by atomic mass is 16.5. The largest absolute Gasteiger partial charge is 0.383 e. The summed E-state index contributed by atoms with van der Waals surface area (Å²) in [5.74, 6) is 0. The number of ether oxygens (including phenoxy) is 1. The van der Waals surface area contributed by atoms with Crippen LogP contribution in [-0.4, -0.2) is 32.3 Å². The smallest absolute Gasteiger partial charge is 0.0656 e. The highest BCUT2D eigenvalue weighted by Crippen LogP contribution is 2.08. The van der Waals surface area contributed by atoms with Crippen molar-refractivity contribution in [3.05, 3.63) is 12.2 Å². The Hall–Kier alpha value is -0.380. The third kappa shape index (κ3) is 4.74. The molecule has 3 nitrogen and oxygen atoms in total. The second kappa shape index (κ2) is 7.97. The summed E-state index contributed by atoms with van der Waals surface area (Å²) < 4.78 is 5.19. The fourth-order valence-corrected chi connectivity index (χ4v) is 1.42. The van der Waals surface area contributed by atoms with E-state index in [1.807, 2.05) is 6.92 Å². The molecule has 0 aliphatic heterocycles. The molecule has 0 amide bonds. The number of rotatable bonds is 8. The predicted molar refractivity (Wildman–Crippen MR) is 61.4 cm³/mol. The SMILES string of the molecule is C/C=C/CCNC(CC)(CN)COC. The fourth-order valence-electron chi connectivity index (χ4n) is 1.42. The van der Waals surface area contributed by atoms with Crippen LogP contribution in [0.5, 0.6) is 0 Å². The van der Waals surface area contributed by atoms with Crippen molar-refractivity contribution in [1.29, 1.82) is 0 Å². The lowest BCUT2D eigenvalue weighted by Gasteiger charge is -2.31. The summed E-state index contributed by atoms with van der Waals surface area (Å²) in [6.07, 6.45) is 6.25. The van der Waals surface area contributed by atoms with E-state index in [0.717, 1.165) is 19.4 Å². The van der Waals surface area contributed by atoms with Gasteiger partial charge < -0.3 is 15.8 Å². The average molecular weight is 200 g/mol. The van der Waals surface area contributed by atoms with Gasteiger partial charge in [0.25, 0.3) is 0 Å². The molecule has 0 aliphatic rings. The molecule has 0 radical (unpaired) electrons. The number of nitrogens with two attached hydrogens (primary N) is 1. The van der Waals surface area contributed by atoms with E-state index in [1.54, 1.807) is 7.11 Å². The lowest BCUT2D eigenvalue weighted by molar-refractivity contribution is 0.110. The van der Waals surface area contributed by atoms with Crippen molar-refractivity contribution >= 4 is 0 Å². The Balaban J connectivity index is 3.93. The van der Waals surface area contributed by atoms with Crippen LogP contribution in [0.15, 0.2) is 12.2 Å². The Labute approximate surface area is 87.7 Å². The summed E-state index contributed by atoms with van der Waals surface area (Å²) in [5, 5.41) is 3.47. The quantitative estimate of drug-likeness (QED) is 0.458. The Bertz CT molecular complexity index is 153. The summed E-state index contributed by atoms with van der Waals surface area (Å²) >= 11 is 0. The molecule has 0 aromatic carbocycles. The fraction of sp³-hybridized carbons (Fsp3) is 0.818. The minimum absolute atomic E-state index is 0.0453. The molecule has 0 aromatic rings. The normalized spacial score (nSPS) is 16.0. The molecule has 1 unspecified atom stereocenters. The molecule has 0 aliphatic carbocycles. The van der Waals surface area contributed by atoms with Crippen molar-refractivity contribution in [3.8, 4) is 0 Å². The monoisotopic (exact) mass is 200 g/mol. The zero-order valence-corrected chi connectivity index (χ0v) is 9.68. The Morgan fingerprint density at radius 2 is 2.21 bits per heavy atom. The van der Waals surface area contributed by atoms with Gasteiger partial charge in [-0.25, -0.2) is 0 Å². The maximum Gasteiger partial charge on any atom is 0.0656 e. The molecule has 0 rings (SSSR count). The summed E-state index contributed by atoms with van der Waals surface area (Å²) in [5.41, 5.74) is 5.71. The van der Waals surface area contributed by atoms with Crippen molar-refractivity contribution in [2.24, 2.45) is 5.73 Å². The minimum Gasteiger partial charge on any atom is -0.383 e. The van der Waals surface area contributed by atoms with Crippen LogP contribution in [0.2, 0.25) is 0 Å². The Morgan fingerprint density at radius 3 is 2.64 bits per heavy atom. The van der Waals surface area contributed by atoms with Gasteiger partial charge in [-0.1, -0.05) is 19.1 Å². The van der Waals surface area contributed by atoms with Crippen LogP contribution in [-0.2, 0) is 4.74 Å². The van der Waals surface area contributed by atoms with Gasteiger partial charge in [0, 0.05) is 13.7 Å². The molecule has 0 heterocycles. The summed E-state index contributed by atoms with van der Waals surface area (Å²) in [4.78, 5) is 0. The molecule has 0 spiro atoms. The van der Waals surface area contributed by atoms with Gasteiger partial charge in [0.1, 0.15) is 0 Å². The van der Waals surface area contributed by atoms with Gasteiger partial charge in [-0.05, 0) is 26.3 Å². The lowest BCUT2D eigenvalue weighted by atomic mass is 9.97. The predicted octanol–water partition coefficient (Wildman–Crippen LogP) is 1.30. The number of methoxy groups -OCH3 is 1. The van der Waals surface area contributed by atoms with E-state index >= 15 is 0 Å². The van der Waals surface area contributed by atoms with Gasteiger partial charge in [0.05, 0.1) is 12.1 Å². The summed E-state index contributed by atoms with van der Waals surface area (Å²) in [6.45, 7) is 6.42. The first-order chi connectivity index (χ1) is 6.74. The number of hydrogen-bond acceptors (Lipinski definition) is 3. The molecule has 3 heteroatoms. The second-order valence-electron chi connectivity index (χ2n) is 3.56. The highest BCUT2D eigenvalue weighted by molar-refractivity contribution is 4.89. The molecule has 0 saturated carbocycles. The first kappa shape index (κ1) is 13.6. The van der Waals surface area contributed by atoms with Crippen LogP contribution in [0.1, 0.15) is 26.7 Å². The second-order valence-corrected chi connectivity index (χ2v) is 3.56. The average Bonchev–Trinajstić information content (AvgIpc) is 2.23.